The van der Waals surface area contributed by atoms with Gasteiger partial charge >= 0.3 is 0 Å². The van der Waals surface area contributed by atoms with Gasteiger partial charge in [-0.1, -0.05) is 36.9 Å². The van der Waals surface area contributed by atoms with Gasteiger partial charge in [-0.3, -0.25) is 0 Å². The minimum Gasteiger partial charge on any atom is -0.310 e. The molecule has 112 valence electrons. The molecule has 0 radical (unpaired) electrons. The molecule has 0 bridgehead atoms. The van der Waals surface area contributed by atoms with Gasteiger partial charge in [-0.2, -0.15) is 0 Å². The van der Waals surface area contributed by atoms with Gasteiger partial charge in [-0.25, -0.2) is 8.78 Å². The molecule has 0 fully saturated rings. The molecule has 0 saturated heterocycles. The Morgan fingerprint density at radius 1 is 1.00 bits per heavy atom. The van der Waals surface area contributed by atoms with Crippen LogP contribution < -0.4 is 5.32 Å². The summed E-state index contributed by atoms with van der Waals surface area (Å²) in [5.41, 5.74) is 0.596. The molecule has 2 aromatic carbocycles. The second kappa shape index (κ2) is 7.57. The van der Waals surface area contributed by atoms with E-state index in [0.717, 1.165) is 17.9 Å². The molecule has 0 saturated carbocycles. The van der Waals surface area contributed by atoms with Crippen LogP contribution in [0, 0.1) is 11.6 Å². The summed E-state index contributed by atoms with van der Waals surface area (Å²) in [7, 11) is 0. The predicted octanol–water partition coefficient (Wildman–Crippen LogP) is 5.18. The second-order valence-corrected chi connectivity index (χ2v) is 5.94. The molecule has 1 nitrogen and oxygen atoms in total. The highest BCUT2D eigenvalue weighted by Gasteiger charge is 2.16. The molecule has 1 unspecified atom stereocenters. The molecule has 0 spiro atoms. The maximum Gasteiger partial charge on any atom is 0.137 e. The minimum absolute atomic E-state index is 0.111. The van der Waals surface area contributed by atoms with Crippen LogP contribution in [0.1, 0.15) is 31.9 Å². The lowest BCUT2D eigenvalue weighted by atomic mass is 10.1. The quantitative estimate of drug-likeness (QED) is 0.789. The summed E-state index contributed by atoms with van der Waals surface area (Å²) >= 11 is 1.26. The molecule has 0 heterocycles. The zero-order chi connectivity index (χ0) is 15.2. The summed E-state index contributed by atoms with van der Waals surface area (Å²) in [6, 6.07) is 11.4. The smallest absolute Gasteiger partial charge is 0.137 e. The maximum absolute atomic E-state index is 14.2. The standard InChI is InChI=1S/C17H19F2NS/c1-3-11-20-12(2)17-14(19)8-6-10-16(17)21-15-9-5-4-7-13(15)18/h4-10,12,20H,3,11H2,1-2H3. The van der Waals surface area contributed by atoms with Crippen molar-refractivity contribution in [1.29, 1.82) is 0 Å². The van der Waals surface area contributed by atoms with Gasteiger partial charge < -0.3 is 5.32 Å². The van der Waals surface area contributed by atoms with Crippen molar-refractivity contribution in [3.05, 3.63) is 59.7 Å². The van der Waals surface area contributed by atoms with Crippen LogP contribution in [0.3, 0.4) is 0 Å². The topological polar surface area (TPSA) is 12.0 Å². The fraction of sp³-hybridized carbons (Fsp3) is 0.294. The van der Waals surface area contributed by atoms with Gasteiger partial charge in [0.2, 0.25) is 0 Å². The fourth-order valence-electron chi connectivity index (χ4n) is 2.14. The van der Waals surface area contributed by atoms with Gasteiger partial charge in [-0.05, 0) is 44.2 Å². The molecule has 0 amide bonds. The van der Waals surface area contributed by atoms with Crippen LogP contribution in [0.2, 0.25) is 0 Å². The van der Waals surface area contributed by atoms with E-state index in [1.807, 2.05) is 13.0 Å². The van der Waals surface area contributed by atoms with Crippen LogP contribution in [-0.4, -0.2) is 6.54 Å². The zero-order valence-corrected chi connectivity index (χ0v) is 13.0. The molecule has 1 N–H and O–H groups in total. The largest absolute Gasteiger partial charge is 0.310 e. The van der Waals surface area contributed by atoms with Gasteiger partial charge in [0.05, 0.1) is 0 Å². The lowest BCUT2D eigenvalue weighted by Crippen LogP contribution is -2.21. The third kappa shape index (κ3) is 4.05. The number of nitrogens with one attached hydrogen (secondary N) is 1. The molecular formula is C17H19F2NS. The maximum atomic E-state index is 14.2. The van der Waals surface area contributed by atoms with Crippen molar-refractivity contribution in [2.24, 2.45) is 0 Å². The van der Waals surface area contributed by atoms with E-state index in [9.17, 15) is 8.78 Å². The van der Waals surface area contributed by atoms with Gasteiger partial charge in [0.15, 0.2) is 0 Å². The summed E-state index contributed by atoms with van der Waals surface area (Å²) in [5.74, 6) is -0.542. The second-order valence-electron chi connectivity index (χ2n) is 4.86. The number of benzene rings is 2. The Hall–Kier alpha value is -1.39. The van der Waals surface area contributed by atoms with Crippen LogP contribution in [0.25, 0.3) is 0 Å². The third-order valence-electron chi connectivity index (χ3n) is 3.20. The van der Waals surface area contributed by atoms with Crippen molar-refractivity contribution in [1.82, 2.24) is 5.32 Å². The molecule has 0 aliphatic carbocycles. The summed E-state index contributed by atoms with van der Waals surface area (Å²) in [5, 5.41) is 3.28. The average Bonchev–Trinajstić information content (AvgIpc) is 2.47. The molecule has 0 aliphatic rings. The number of hydrogen-bond donors (Lipinski definition) is 1. The lowest BCUT2D eigenvalue weighted by Gasteiger charge is -2.18. The van der Waals surface area contributed by atoms with Gasteiger partial charge in [0, 0.05) is 21.4 Å². The van der Waals surface area contributed by atoms with Gasteiger partial charge in [0.25, 0.3) is 0 Å². The van der Waals surface area contributed by atoms with Crippen LogP contribution in [0.15, 0.2) is 52.3 Å². The summed E-state index contributed by atoms with van der Waals surface area (Å²) in [4.78, 5) is 1.25. The number of hydrogen-bond acceptors (Lipinski definition) is 2. The Morgan fingerprint density at radius 3 is 2.38 bits per heavy atom. The Bertz CT molecular complexity index is 601. The van der Waals surface area contributed by atoms with E-state index in [2.05, 4.69) is 12.2 Å². The molecule has 1 atom stereocenters. The van der Waals surface area contributed by atoms with E-state index in [4.69, 9.17) is 0 Å². The van der Waals surface area contributed by atoms with Crippen molar-refractivity contribution in [2.45, 2.75) is 36.1 Å². The first-order chi connectivity index (χ1) is 10.1. The Kier molecular flexibility index (Phi) is 5.76. The summed E-state index contributed by atoms with van der Waals surface area (Å²) < 4.78 is 28.0. The van der Waals surface area contributed by atoms with Crippen LogP contribution in [0.5, 0.6) is 0 Å². The van der Waals surface area contributed by atoms with Crippen molar-refractivity contribution in [2.75, 3.05) is 6.54 Å². The highest BCUT2D eigenvalue weighted by Crippen LogP contribution is 2.35. The van der Waals surface area contributed by atoms with E-state index >= 15 is 0 Å². The van der Waals surface area contributed by atoms with E-state index in [-0.39, 0.29) is 17.7 Å². The van der Waals surface area contributed by atoms with Crippen molar-refractivity contribution in [3.63, 3.8) is 0 Å². The van der Waals surface area contributed by atoms with Crippen molar-refractivity contribution >= 4 is 11.8 Å². The molecule has 0 aromatic heterocycles. The predicted molar refractivity (Wildman–Crippen MR) is 83.6 cm³/mol. The average molecular weight is 307 g/mol. The Balaban J connectivity index is 2.31. The SMILES string of the molecule is CCCNC(C)c1c(F)cccc1Sc1ccccc1F. The summed E-state index contributed by atoms with van der Waals surface area (Å²) in [6.07, 6.45) is 0.981. The molecule has 2 rings (SSSR count). The van der Waals surface area contributed by atoms with Crippen LogP contribution in [0.4, 0.5) is 8.78 Å². The molecule has 2 aromatic rings. The van der Waals surface area contributed by atoms with Crippen LogP contribution >= 0.6 is 11.8 Å². The minimum atomic E-state index is -0.285. The first kappa shape index (κ1) is 16.0. The van der Waals surface area contributed by atoms with E-state index in [0.29, 0.717) is 10.5 Å². The van der Waals surface area contributed by atoms with Crippen molar-refractivity contribution < 1.29 is 8.78 Å². The van der Waals surface area contributed by atoms with E-state index in [1.165, 1.54) is 23.9 Å². The first-order valence-electron chi connectivity index (χ1n) is 7.07. The van der Waals surface area contributed by atoms with Crippen molar-refractivity contribution in [3.8, 4) is 0 Å². The van der Waals surface area contributed by atoms with E-state index in [1.54, 1.807) is 24.3 Å². The summed E-state index contributed by atoms with van der Waals surface area (Å²) in [6.45, 7) is 4.81. The normalized spacial score (nSPS) is 12.4. The van der Waals surface area contributed by atoms with Gasteiger partial charge in [-0.15, -0.1) is 0 Å². The monoisotopic (exact) mass is 307 g/mol. The third-order valence-corrected chi connectivity index (χ3v) is 4.33. The molecule has 0 aliphatic heterocycles. The molecule has 4 heteroatoms. The molecular weight excluding hydrogens is 288 g/mol. The first-order valence-corrected chi connectivity index (χ1v) is 7.89. The van der Waals surface area contributed by atoms with Gasteiger partial charge in [0.1, 0.15) is 11.6 Å². The number of halogens is 2. The highest BCUT2D eigenvalue weighted by molar-refractivity contribution is 7.99. The zero-order valence-electron chi connectivity index (χ0n) is 12.2. The Morgan fingerprint density at radius 2 is 1.67 bits per heavy atom. The fourth-order valence-corrected chi connectivity index (χ4v) is 3.22. The molecule has 21 heavy (non-hydrogen) atoms. The lowest BCUT2D eigenvalue weighted by molar-refractivity contribution is 0.518. The Labute approximate surface area is 128 Å². The highest BCUT2D eigenvalue weighted by atomic mass is 32.2. The van der Waals surface area contributed by atoms with E-state index < -0.39 is 0 Å². The number of rotatable bonds is 6. The van der Waals surface area contributed by atoms with Crippen LogP contribution in [-0.2, 0) is 0 Å².